The average molecular weight is 383 g/mol. The van der Waals surface area contributed by atoms with Gasteiger partial charge >= 0.3 is 0 Å². The third-order valence-electron chi connectivity index (χ3n) is 4.60. The smallest absolute Gasteiger partial charge is 0.253 e. The molecule has 0 saturated carbocycles. The molecule has 7 heteroatoms. The van der Waals surface area contributed by atoms with Gasteiger partial charge in [0.25, 0.3) is 5.91 Å². The van der Waals surface area contributed by atoms with Gasteiger partial charge in [-0.15, -0.1) is 0 Å². The third-order valence-corrected chi connectivity index (χ3v) is 6.38. The van der Waals surface area contributed by atoms with E-state index in [0.29, 0.717) is 30.6 Å². The van der Waals surface area contributed by atoms with Gasteiger partial charge in [0, 0.05) is 24.3 Å². The second-order valence-corrected chi connectivity index (χ2v) is 8.52. The lowest BCUT2D eigenvalue weighted by Crippen LogP contribution is -2.46. The summed E-state index contributed by atoms with van der Waals surface area (Å²) in [7, 11) is -3.59. The molecule has 27 heavy (non-hydrogen) atoms. The van der Waals surface area contributed by atoms with Crippen molar-refractivity contribution in [3.63, 3.8) is 0 Å². The minimum atomic E-state index is -3.59. The second kappa shape index (κ2) is 8.23. The highest BCUT2D eigenvalue weighted by Crippen LogP contribution is 2.21. The van der Waals surface area contributed by atoms with Gasteiger partial charge in [-0.05, 0) is 42.7 Å². The van der Waals surface area contributed by atoms with Gasteiger partial charge in [0.1, 0.15) is 0 Å². The minimum Gasteiger partial charge on any atom is -0.337 e. The predicted octanol–water partition coefficient (Wildman–Crippen LogP) is 2.80. The molecule has 1 heterocycles. The van der Waals surface area contributed by atoms with Crippen LogP contribution < -0.4 is 4.72 Å². The van der Waals surface area contributed by atoms with Gasteiger partial charge in [-0.25, -0.2) is 8.42 Å². The van der Waals surface area contributed by atoms with Crippen LogP contribution in [-0.2, 0) is 16.4 Å². The molecule has 0 bridgehead atoms. The molecule has 1 unspecified atom stereocenters. The molecule has 6 nitrogen and oxygen atoms in total. The molecule has 1 aliphatic heterocycles. The van der Waals surface area contributed by atoms with Crippen molar-refractivity contribution in [1.29, 1.82) is 5.26 Å². The molecule has 0 aromatic heterocycles. The molecule has 2 aromatic rings. The van der Waals surface area contributed by atoms with Crippen molar-refractivity contribution in [2.45, 2.75) is 24.5 Å². The first kappa shape index (κ1) is 18.9. The van der Waals surface area contributed by atoms with Crippen LogP contribution in [0.1, 0.15) is 28.8 Å². The minimum absolute atomic E-state index is 0.156. The van der Waals surface area contributed by atoms with Crippen molar-refractivity contribution >= 4 is 21.6 Å². The van der Waals surface area contributed by atoms with E-state index in [1.807, 2.05) is 6.07 Å². The molecular formula is C20H21N3O3S. The number of anilines is 1. The number of likely N-dealkylation sites (tertiary alicyclic amines) is 1. The molecule has 2 aromatic carbocycles. The maximum absolute atomic E-state index is 12.8. The molecule has 140 valence electrons. The van der Waals surface area contributed by atoms with Crippen molar-refractivity contribution in [2.24, 2.45) is 0 Å². The number of carbonyl (C=O) groups is 1. The number of carbonyl (C=O) groups excluding carboxylic acids is 1. The van der Waals surface area contributed by atoms with E-state index in [4.69, 9.17) is 5.26 Å². The zero-order valence-electron chi connectivity index (χ0n) is 14.8. The molecule has 0 radical (unpaired) electrons. The number of nitrogens with one attached hydrogen (secondary N) is 1. The Morgan fingerprint density at radius 3 is 2.70 bits per heavy atom. The first-order valence-corrected chi connectivity index (χ1v) is 10.4. The molecular weight excluding hydrogens is 362 g/mol. The number of amides is 1. The first-order valence-electron chi connectivity index (χ1n) is 8.81. The Balaban J connectivity index is 1.73. The highest BCUT2D eigenvalue weighted by atomic mass is 32.2. The van der Waals surface area contributed by atoms with Gasteiger partial charge in [0.2, 0.25) is 10.0 Å². The summed E-state index contributed by atoms with van der Waals surface area (Å²) in [6.45, 7) is 0.683. The number of hydrogen-bond donors (Lipinski definition) is 1. The Hall–Kier alpha value is -2.85. The zero-order chi connectivity index (χ0) is 19.3. The molecule has 1 atom stereocenters. The number of piperidine rings is 1. The van der Waals surface area contributed by atoms with E-state index in [-0.39, 0.29) is 18.9 Å². The topological polar surface area (TPSA) is 90.3 Å². The Bertz CT molecular complexity index is 952. The lowest BCUT2D eigenvalue weighted by Gasteiger charge is -2.32. The molecule has 3 rings (SSSR count). The van der Waals surface area contributed by atoms with Crippen LogP contribution in [0.15, 0.2) is 54.6 Å². The van der Waals surface area contributed by atoms with Crippen LogP contribution in [-0.4, -0.2) is 37.6 Å². The van der Waals surface area contributed by atoms with Gasteiger partial charge in [-0.1, -0.05) is 30.3 Å². The summed E-state index contributed by atoms with van der Waals surface area (Å²) < 4.78 is 28.0. The number of rotatable bonds is 5. The van der Waals surface area contributed by atoms with Crippen molar-refractivity contribution in [3.8, 4) is 6.07 Å². The standard InChI is InChI=1S/C20H21N3O3S/c21-12-11-16-6-4-7-17(14-16)20(24)23-13-5-10-19(15-23)27(25,26)22-18-8-2-1-3-9-18/h1-4,6-9,14,19,22H,5,10-11,13,15H2. The largest absolute Gasteiger partial charge is 0.337 e. The van der Waals surface area contributed by atoms with Gasteiger partial charge in [0.05, 0.1) is 17.7 Å². The maximum Gasteiger partial charge on any atom is 0.253 e. The summed E-state index contributed by atoms with van der Waals surface area (Å²) in [5, 5.41) is 8.17. The van der Waals surface area contributed by atoms with Crippen molar-refractivity contribution in [3.05, 3.63) is 65.7 Å². The Kier molecular flexibility index (Phi) is 5.77. The quantitative estimate of drug-likeness (QED) is 0.860. The summed E-state index contributed by atoms with van der Waals surface area (Å²) in [4.78, 5) is 14.4. The zero-order valence-corrected chi connectivity index (χ0v) is 15.7. The van der Waals surface area contributed by atoms with Gasteiger partial charge in [-0.3, -0.25) is 9.52 Å². The summed E-state index contributed by atoms with van der Waals surface area (Å²) >= 11 is 0. The lowest BCUT2D eigenvalue weighted by molar-refractivity contribution is 0.0727. The summed E-state index contributed by atoms with van der Waals surface area (Å²) in [6.07, 6.45) is 1.38. The van der Waals surface area contributed by atoms with Crippen LogP contribution in [0, 0.1) is 11.3 Å². The number of sulfonamides is 1. The van der Waals surface area contributed by atoms with Crippen molar-refractivity contribution in [2.75, 3.05) is 17.8 Å². The molecule has 0 aliphatic carbocycles. The fraction of sp³-hybridized carbons (Fsp3) is 0.300. The van der Waals surface area contributed by atoms with Crippen LogP contribution in [0.25, 0.3) is 0 Å². The van der Waals surface area contributed by atoms with Crippen LogP contribution >= 0.6 is 0 Å². The first-order chi connectivity index (χ1) is 13.0. The van der Waals surface area contributed by atoms with E-state index in [2.05, 4.69) is 10.8 Å². The SMILES string of the molecule is N#CCc1cccc(C(=O)N2CCCC(S(=O)(=O)Nc3ccccc3)C2)c1. The van der Waals surface area contributed by atoms with E-state index in [1.54, 1.807) is 53.4 Å². The normalized spacial score (nSPS) is 17.1. The molecule has 1 N–H and O–H groups in total. The van der Waals surface area contributed by atoms with E-state index in [1.165, 1.54) is 0 Å². The number of para-hydroxylation sites is 1. The molecule has 1 amide bonds. The van der Waals surface area contributed by atoms with Gasteiger partial charge in [-0.2, -0.15) is 5.26 Å². The monoisotopic (exact) mass is 383 g/mol. The summed E-state index contributed by atoms with van der Waals surface area (Å²) in [5.41, 5.74) is 1.78. The van der Waals surface area contributed by atoms with Crippen molar-refractivity contribution < 1.29 is 13.2 Å². The van der Waals surface area contributed by atoms with Crippen LogP contribution in [0.4, 0.5) is 5.69 Å². The van der Waals surface area contributed by atoms with E-state index < -0.39 is 15.3 Å². The Morgan fingerprint density at radius 2 is 1.96 bits per heavy atom. The van der Waals surface area contributed by atoms with Gasteiger partial charge < -0.3 is 4.90 Å². The number of nitrogens with zero attached hydrogens (tertiary/aromatic N) is 2. The van der Waals surface area contributed by atoms with Crippen molar-refractivity contribution in [1.82, 2.24) is 4.90 Å². The number of hydrogen-bond acceptors (Lipinski definition) is 4. The highest BCUT2D eigenvalue weighted by molar-refractivity contribution is 7.93. The third kappa shape index (κ3) is 4.66. The molecule has 1 aliphatic rings. The van der Waals surface area contributed by atoms with E-state index >= 15 is 0 Å². The van der Waals surface area contributed by atoms with E-state index in [9.17, 15) is 13.2 Å². The van der Waals surface area contributed by atoms with Crippen LogP contribution in [0.2, 0.25) is 0 Å². The Labute approximate surface area is 159 Å². The van der Waals surface area contributed by atoms with Crippen LogP contribution in [0.3, 0.4) is 0 Å². The fourth-order valence-corrected chi connectivity index (χ4v) is 4.70. The maximum atomic E-state index is 12.8. The summed E-state index contributed by atoms with van der Waals surface area (Å²) in [5.74, 6) is -0.200. The number of nitriles is 1. The summed E-state index contributed by atoms with van der Waals surface area (Å²) in [6, 6.07) is 17.8. The number of benzene rings is 2. The lowest BCUT2D eigenvalue weighted by atomic mass is 10.1. The molecule has 1 fully saturated rings. The Morgan fingerprint density at radius 1 is 1.19 bits per heavy atom. The molecule has 1 saturated heterocycles. The molecule has 0 spiro atoms. The van der Waals surface area contributed by atoms with Gasteiger partial charge in [0.15, 0.2) is 0 Å². The van der Waals surface area contributed by atoms with E-state index in [0.717, 1.165) is 5.56 Å². The fourth-order valence-electron chi connectivity index (χ4n) is 3.22. The van der Waals surface area contributed by atoms with Crippen LogP contribution in [0.5, 0.6) is 0 Å². The second-order valence-electron chi connectivity index (χ2n) is 6.56. The average Bonchev–Trinajstić information content (AvgIpc) is 2.68. The predicted molar refractivity (Wildman–Crippen MR) is 104 cm³/mol. The highest BCUT2D eigenvalue weighted by Gasteiger charge is 2.33.